The number of carbonyl (C=O) groups is 1. The second-order valence-electron chi connectivity index (χ2n) is 7.88. The van der Waals surface area contributed by atoms with E-state index in [0.717, 1.165) is 0 Å². The van der Waals surface area contributed by atoms with Crippen LogP contribution < -0.4 is 15.6 Å². The van der Waals surface area contributed by atoms with Gasteiger partial charge in [-0.3, -0.25) is 9.59 Å². The van der Waals surface area contributed by atoms with Gasteiger partial charge in [0.05, 0.1) is 15.7 Å². The molecule has 4 aromatic rings. The maximum Gasteiger partial charge on any atom is 0.274 e. The molecule has 2 aromatic heterocycles. The summed E-state index contributed by atoms with van der Waals surface area (Å²) >= 11 is 6.29. The number of hydrogen-bond donors (Lipinski definition) is 2. The molecule has 4 rings (SSSR count). The Bertz CT molecular complexity index is 1610. The summed E-state index contributed by atoms with van der Waals surface area (Å²) in [5.41, 5.74) is 1.06. The van der Waals surface area contributed by atoms with Gasteiger partial charge in [0.1, 0.15) is 22.7 Å². The average Bonchev–Trinajstić information content (AvgIpc) is 3.29. The van der Waals surface area contributed by atoms with Crippen LogP contribution in [0, 0.1) is 0 Å². The number of H-pyrrole nitrogens is 1. The van der Waals surface area contributed by atoms with E-state index in [1.165, 1.54) is 16.7 Å². The molecule has 2 N–H and O–H groups in total. The standard InChI is InChI=1S/C25H24ClN3O5S/c1-4-27-24(30)20-13-17-18(14-29(3)25(31)23(17)28-20)16-12-15(35(32,33)5-2)10-11-21(16)34-22-9-7-6-8-19(22)26/h6-14,28H,4-5H2,1-3H3,(H,27,30). The Kier molecular flexibility index (Phi) is 6.73. The van der Waals surface area contributed by atoms with Crippen molar-refractivity contribution in [3.8, 4) is 22.6 Å². The Balaban J connectivity index is 2.01. The van der Waals surface area contributed by atoms with Crippen molar-refractivity contribution in [2.75, 3.05) is 12.3 Å². The van der Waals surface area contributed by atoms with E-state index in [2.05, 4.69) is 10.3 Å². The summed E-state index contributed by atoms with van der Waals surface area (Å²) in [5.74, 6) is 0.297. The molecule has 0 saturated heterocycles. The molecule has 2 aromatic carbocycles. The predicted molar refractivity (Wildman–Crippen MR) is 136 cm³/mol. The van der Waals surface area contributed by atoms with Crippen LogP contribution in [0.3, 0.4) is 0 Å². The van der Waals surface area contributed by atoms with E-state index in [0.29, 0.717) is 39.6 Å². The van der Waals surface area contributed by atoms with Gasteiger partial charge in [0.15, 0.2) is 9.84 Å². The second kappa shape index (κ2) is 9.59. The van der Waals surface area contributed by atoms with Gasteiger partial charge in [-0.25, -0.2) is 8.42 Å². The number of aryl methyl sites for hydroxylation is 1. The van der Waals surface area contributed by atoms with Gasteiger partial charge in [0.2, 0.25) is 0 Å². The third kappa shape index (κ3) is 4.69. The van der Waals surface area contributed by atoms with Gasteiger partial charge in [-0.1, -0.05) is 30.7 Å². The molecule has 0 aliphatic heterocycles. The van der Waals surface area contributed by atoms with Crippen molar-refractivity contribution in [2.24, 2.45) is 7.05 Å². The van der Waals surface area contributed by atoms with Crippen LogP contribution >= 0.6 is 11.6 Å². The fraction of sp³-hybridized carbons (Fsp3) is 0.200. The summed E-state index contributed by atoms with van der Waals surface area (Å²) < 4.78 is 32.8. The molecule has 0 bridgehead atoms. The first-order chi connectivity index (χ1) is 16.7. The minimum Gasteiger partial charge on any atom is -0.455 e. The van der Waals surface area contributed by atoms with Gasteiger partial charge in [0.25, 0.3) is 11.5 Å². The Labute approximate surface area is 207 Å². The summed E-state index contributed by atoms with van der Waals surface area (Å²) in [6.07, 6.45) is 1.59. The summed E-state index contributed by atoms with van der Waals surface area (Å²) in [7, 11) is -1.95. The van der Waals surface area contributed by atoms with Crippen molar-refractivity contribution in [1.29, 1.82) is 0 Å². The topological polar surface area (TPSA) is 110 Å². The molecule has 0 aliphatic carbocycles. The van der Waals surface area contributed by atoms with Crippen molar-refractivity contribution in [3.05, 3.63) is 75.8 Å². The van der Waals surface area contributed by atoms with Crippen molar-refractivity contribution in [2.45, 2.75) is 18.7 Å². The number of halogens is 1. The van der Waals surface area contributed by atoms with E-state index in [4.69, 9.17) is 16.3 Å². The van der Waals surface area contributed by atoms with E-state index in [1.807, 2.05) is 0 Å². The molecule has 0 unspecified atom stereocenters. The van der Waals surface area contributed by atoms with Gasteiger partial charge in [-0.05, 0) is 43.3 Å². The number of amides is 1. The number of para-hydroxylation sites is 1. The number of rotatable bonds is 7. The molecule has 0 radical (unpaired) electrons. The van der Waals surface area contributed by atoms with Crippen molar-refractivity contribution < 1.29 is 17.9 Å². The quantitative estimate of drug-likeness (QED) is 0.377. The predicted octanol–water partition coefficient (Wildman–Crippen LogP) is 4.52. The monoisotopic (exact) mass is 513 g/mol. The average molecular weight is 514 g/mol. The highest BCUT2D eigenvalue weighted by Gasteiger charge is 2.21. The third-order valence-corrected chi connectivity index (χ3v) is 7.63. The van der Waals surface area contributed by atoms with Gasteiger partial charge in [-0.15, -0.1) is 0 Å². The molecule has 0 spiro atoms. The summed E-state index contributed by atoms with van der Waals surface area (Å²) in [6.45, 7) is 3.78. The summed E-state index contributed by atoms with van der Waals surface area (Å²) in [4.78, 5) is 28.3. The van der Waals surface area contributed by atoms with Gasteiger partial charge in [-0.2, -0.15) is 0 Å². The zero-order valence-electron chi connectivity index (χ0n) is 19.4. The number of nitrogens with one attached hydrogen (secondary N) is 2. The first-order valence-electron chi connectivity index (χ1n) is 11.0. The van der Waals surface area contributed by atoms with Crippen LogP contribution in [-0.4, -0.2) is 36.2 Å². The van der Waals surface area contributed by atoms with E-state index in [9.17, 15) is 18.0 Å². The van der Waals surface area contributed by atoms with Crippen molar-refractivity contribution in [3.63, 3.8) is 0 Å². The van der Waals surface area contributed by atoms with Crippen molar-refractivity contribution in [1.82, 2.24) is 14.9 Å². The maximum absolute atomic E-state index is 12.9. The van der Waals surface area contributed by atoms with Gasteiger partial charge in [0, 0.05) is 36.3 Å². The van der Waals surface area contributed by atoms with Crippen molar-refractivity contribution >= 4 is 38.2 Å². The van der Waals surface area contributed by atoms with Crippen LogP contribution in [0.4, 0.5) is 0 Å². The number of nitrogens with zero attached hydrogens (tertiary/aromatic N) is 1. The molecule has 182 valence electrons. The fourth-order valence-electron chi connectivity index (χ4n) is 3.74. The number of fused-ring (bicyclic) bond motifs is 1. The van der Waals surface area contributed by atoms with Crippen LogP contribution in [0.15, 0.2) is 64.4 Å². The number of benzene rings is 2. The third-order valence-electron chi connectivity index (χ3n) is 5.58. The molecule has 0 saturated carbocycles. The number of hydrogen-bond acceptors (Lipinski definition) is 5. The first-order valence-corrected chi connectivity index (χ1v) is 13.0. The first kappa shape index (κ1) is 24.6. The van der Waals surface area contributed by atoms with Gasteiger partial charge >= 0.3 is 0 Å². The maximum atomic E-state index is 12.9. The van der Waals surface area contributed by atoms with Crippen LogP contribution in [0.1, 0.15) is 24.3 Å². The minimum atomic E-state index is -3.54. The molecule has 8 nitrogen and oxygen atoms in total. The van der Waals surface area contributed by atoms with Crippen LogP contribution in [0.25, 0.3) is 22.0 Å². The smallest absolute Gasteiger partial charge is 0.274 e. The highest BCUT2D eigenvalue weighted by molar-refractivity contribution is 7.91. The van der Waals surface area contributed by atoms with E-state index in [-0.39, 0.29) is 33.3 Å². The number of sulfone groups is 1. The lowest BCUT2D eigenvalue weighted by atomic mass is 10.0. The van der Waals surface area contributed by atoms with Crippen LogP contribution in [-0.2, 0) is 16.9 Å². The Morgan fingerprint density at radius 1 is 1.09 bits per heavy atom. The zero-order valence-corrected chi connectivity index (χ0v) is 21.0. The molecule has 2 heterocycles. The molecule has 10 heteroatoms. The second-order valence-corrected chi connectivity index (χ2v) is 10.6. The molecular formula is C25H24ClN3O5S. The summed E-state index contributed by atoms with van der Waals surface area (Å²) in [5, 5.41) is 3.55. The Morgan fingerprint density at radius 3 is 2.51 bits per heavy atom. The number of carbonyl (C=O) groups excluding carboxylic acids is 1. The lowest BCUT2D eigenvalue weighted by Gasteiger charge is -2.15. The van der Waals surface area contributed by atoms with Crippen LogP contribution in [0.2, 0.25) is 5.02 Å². The van der Waals surface area contributed by atoms with E-state index in [1.54, 1.807) is 63.5 Å². The molecule has 1 amide bonds. The normalized spacial score (nSPS) is 11.5. The number of aromatic amines is 1. The largest absolute Gasteiger partial charge is 0.455 e. The fourth-order valence-corrected chi connectivity index (χ4v) is 4.82. The zero-order chi connectivity index (χ0) is 25.3. The highest BCUT2D eigenvalue weighted by atomic mass is 35.5. The number of aromatic nitrogens is 2. The number of ether oxygens (including phenoxy) is 1. The number of pyridine rings is 1. The van der Waals surface area contributed by atoms with E-state index >= 15 is 0 Å². The Morgan fingerprint density at radius 2 is 1.83 bits per heavy atom. The minimum absolute atomic E-state index is 0.0780. The molecule has 0 aliphatic rings. The lowest BCUT2D eigenvalue weighted by molar-refractivity contribution is 0.0951. The molecule has 35 heavy (non-hydrogen) atoms. The van der Waals surface area contributed by atoms with E-state index < -0.39 is 9.84 Å². The molecule has 0 atom stereocenters. The molecule has 0 fully saturated rings. The molecular weight excluding hydrogens is 490 g/mol. The Hall–Kier alpha value is -3.56. The lowest BCUT2D eigenvalue weighted by Crippen LogP contribution is -2.23. The van der Waals surface area contributed by atoms with Gasteiger partial charge < -0.3 is 19.6 Å². The van der Waals surface area contributed by atoms with Crippen LogP contribution in [0.5, 0.6) is 11.5 Å². The SMILES string of the molecule is CCNC(=O)c1cc2c(-c3cc(S(=O)(=O)CC)ccc3Oc3ccccc3Cl)cn(C)c(=O)c2[nH]1. The highest BCUT2D eigenvalue weighted by Crippen LogP contribution is 2.40. The summed E-state index contributed by atoms with van der Waals surface area (Å²) in [6, 6.07) is 13.1.